The molecule has 1 aromatic heterocycles. The highest BCUT2D eigenvalue weighted by Gasteiger charge is 2.69. The third kappa shape index (κ3) is 4.70. The fourth-order valence-corrected chi connectivity index (χ4v) is 8.38. The van der Waals surface area contributed by atoms with Crippen molar-refractivity contribution in [1.29, 1.82) is 0 Å². The normalized spacial score (nSPS) is 40.2. The van der Waals surface area contributed by atoms with Crippen molar-refractivity contribution < 1.29 is 37.8 Å². The Kier molecular flexibility index (Phi) is 7.12. The summed E-state index contributed by atoms with van der Waals surface area (Å²) in [5.41, 5.74) is 0.105. The van der Waals surface area contributed by atoms with Gasteiger partial charge in [-0.2, -0.15) is 0 Å². The summed E-state index contributed by atoms with van der Waals surface area (Å²) in [6, 6.07) is 7.92. The van der Waals surface area contributed by atoms with E-state index in [-0.39, 0.29) is 36.1 Å². The van der Waals surface area contributed by atoms with E-state index in [2.05, 4.69) is 19.2 Å². The summed E-state index contributed by atoms with van der Waals surface area (Å²) in [6.07, 6.45) is 5.00. The Labute approximate surface area is 254 Å². The van der Waals surface area contributed by atoms with Crippen LogP contribution < -0.4 is 5.32 Å². The first-order chi connectivity index (χ1) is 20.3. The van der Waals surface area contributed by atoms with Crippen molar-refractivity contribution in [2.24, 2.45) is 23.7 Å². The number of rotatable bonds is 6. The molecule has 1 N–H and O–H groups in total. The molecule has 9 atom stereocenters. The lowest BCUT2D eigenvalue weighted by atomic mass is 9.57. The Morgan fingerprint density at radius 3 is 2.51 bits per heavy atom. The van der Waals surface area contributed by atoms with Crippen molar-refractivity contribution in [2.45, 2.75) is 121 Å². The summed E-state index contributed by atoms with van der Waals surface area (Å²) in [7, 11) is -0.551. The van der Waals surface area contributed by atoms with Crippen LogP contribution in [0.2, 0.25) is 0 Å². The van der Waals surface area contributed by atoms with E-state index in [0.29, 0.717) is 18.4 Å². The number of fused-ring (bicyclic) bond motifs is 3. The molecule has 2 bridgehead atoms. The smallest absolute Gasteiger partial charge is 0.464 e. The van der Waals surface area contributed by atoms with Gasteiger partial charge in [-0.1, -0.05) is 32.0 Å². The number of hydrogen-bond donors (Lipinski definition) is 1. The molecule has 1 spiro atoms. The maximum Gasteiger partial charge on any atom is 0.467 e. The highest BCUT2D eigenvalue weighted by molar-refractivity contribution is 6.48. The molecule has 8 rings (SSSR count). The van der Waals surface area contributed by atoms with Crippen molar-refractivity contribution in [2.75, 3.05) is 6.54 Å². The van der Waals surface area contributed by atoms with Crippen molar-refractivity contribution in [3.05, 3.63) is 36.1 Å². The van der Waals surface area contributed by atoms with Crippen molar-refractivity contribution >= 4 is 24.0 Å². The Morgan fingerprint density at radius 2 is 1.74 bits per heavy atom. The number of ether oxygens (including phenoxy) is 2. The number of furan rings is 1. The molecule has 43 heavy (non-hydrogen) atoms. The highest BCUT2D eigenvalue weighted by atomic mass is 17.3. The maximum atomic E-state index is 13.6. The fourth-order valence-electron chi connectivity index (χ4n) is 8.38. The van der Waals surface area contributed by atoms with Crippen LogP contribution in [0.5, 0.6) is 0 Å². The van der Waals surface area contributed by atoms with E-state index >= 15 is 0 Å². The van der Waals surface area contributed by atoms with Crippen LogP contribution in [-0.2, 0) is 33.4 Å². The van der Waals surface area contributed by atoms with Gasteiger partial charge in [-0.3, -0.25) is 4.79 Å². The summed E-state index contributed by atoms with van der Waals surface area (Å²) in [5.74, 6) is -0.116. The lowest BCUT2D eigenvalue weighted by Gasteiger charge is -2.60. The number of carbonyl (C=O) groups excluding carboxylic acids is 1. The largest absolute Gasteiger partial charge is 0.467 e. The van der Waals surface area contributed by atoms with E-state index < -0.39 is 36.0 Å². The minimum Gasteiger partial charge on any atom is -0.464 e. The van der Waals surface area contributed by atoms with Gasteiger partial charge in [0.05, 0.1) is 30.0 Å². The van der Waals surface area contributed by atoms with Gasteiger partial charge < -0.3 is 28.5 Å². The zero-order valence-electron chi connectivity index (χ0n) is 26.5. The summed E-state index contributed by atoms with van der Waals surface area (Å²) in [5, 5.41) is 4.19. The molecular weight excluding hydrogens is 549 g/mol. The first-order valence-corrected chi connectivity index (χ1v) is 16.1. The molecule has 1 saturated carbocycles. The molecule has 5 saturated heterocycles. The van der Waals surface area contributed by atoms with Gasteiger partial charge in [0, 0.05) is 35.7 Å². The van der Waals surface area contributed by atoms with E-state index in [1.165, 1.54) is 0 Å². The van der Waals surface area contributed by atoms with Crippen LogP contribution in [0.3, 0.4) is 0 Å². The van der Waals surface area contributed by atoms with Gasteiger partial charge >= 0.3 is 7.12 Å². The number of carbonyl (C=O) groups is 1. The maximum absolute atomic E-state index is 13.6. The van der Waals surface area contributed by atoms with Crippen molar-refractivity contribution in [3.63, 3.8) is 0 Å². The Bertz CT molecular complexity index is 1360. The third-order valence-corrected chi connectivity index (χ3v) is 11.7. The standard InChI is InChI=1S/C33H46BNO8/c1-19-12-13-24-20(2)27(38-29-33(24)23(19)14-15-32(7,39-29)42-43-33)16-28(36)35-17-25(34-40-30(3,4)31(5,6)41-34)22-18-37-26-11-9-8-10-21(22)26/h8-11,18-20,23-25,27,29H,12-17H2,1-7H3,(H,35,36)/t19-,20-,23+,24+,25+,27-,29-,32-,33-/m1/s1. The quantitative estimate of drug-likeness (QED) is 0.326. The van der Waals surface area contributed by atoms with Crippen molar-refractivity contribution in [1.82, 2.24) is 5.32 Å². The molecule has 6 fully saturated rings. The zero-order valence-corrected chi connectivity index (χ0v) is 26.5. The number of para-hydroxylation sites is 1. The van der Waals surface area contributed by atoms with Crippen LogP contribution in [0, 0.1) is 23.7 Å². The van der Waals surface area contributed by atoms with E-state index in [1.807, 2.05) is 58.9 Å². The van der Waals surface area contributed by atoms with Crippen LogP contribution in [-0.4, -0.2) is 54.6 Å². The molecule has 234 valence electrons. The van der Waals surface area contributed by atoms with E-state index in [0.717, 1.165) is 42.2 Å². The van der Waals surface area contributed by atoms with Gasteiger partial charge in [-0.05, 0) is 77.7 Å². The number of hydrogen-bond acceptors (Lipinski definition) is 8. The van der Waals surface area contributed by atoms with Crippen LogP contribution in [0.4, 0.5) is 0 Å². The molecule has 6 heterocycles. The van der Waals surface area contributed by atoms with E-state index in [9.17, 15) is 4.79 Å². The second-order valence-corrected chi connectivity index (χ2v) is 14.9. The average molecular weight is 596 g/mol. The van der Waals surface area contributed by atoms with Crippen molar-refractivity contribution in [3.8, 4) is 0 Å². The van der Waals surface area contributed by atoms with Gasteiger partial charge in [0.15, 0.2) is 11.9 Å². The average Bonchev–Trinajstić information content (AvgIpc) is 3.36. The Hall–Kier alpha value is -1.95. The third-order valence-electron chi connectivity index (χ3n) is 11.7. The van der Waals surface area contributed by atoms with Gasteiger partial charge in [0.1, 0.15) is 5.58 Å². The molecule has 1 aromatic carbocycles. The molecule has 1 amide bonds. The summed E-state index contributed by atoms with van der Waals surface area (Å²) in [6.45, 7) is 14.9. The second kappa shape index (κ2) is 10.3. The minimum atomic E-state index is -0.839. The molecule has 1 aliphatic carbocycles. The topological polar surface area (TPSA) is 97.6 Å². The van der Waals surface area contributed by atoms with E-state index in [4.69, 9.17) is 33.0 Å². The minimum absolute atomic E-state index is 0.0787. The molecule has 0 radical (unpaired) electrons. The molecular formula is C33H46BNO8. The molecule has 2 aromatic rings. The van der Waals surface area contributed by atoms with Gasteiger partial charge in [-0.15, -0.1) is 0 Å². The molecule has 5 aliphatic heterocycles. The predicted octanol–water partition coefficient (Wildman–Crippen LogP) is 5.90. The molecule has 6 aliphatic rings. The van der Waals surface area contributed by atoms with Crippen LogP contribution >= 0.6 is 0 Å². The van der Waals surface area contributed by atoms with Crippen LogP contribution in [0.15, 0.2) is 34.9 Å². The van der Waals surface area contributed by atoms with Gasteiger partial charge in [0.2, 0.25) is 11.7 Å². The SMILES string of the molecule is C[C@H]1[C@@H](CC(=O)NC[C@H](B2OC(C)(C)C(C)(C)O2)c2coc3ccccc23)O[C@@H]2O[C@@]3(C)CC[C@H]4[C@H](C)CC[C@@H]1[C@@]24OO3. The molecule has 0 unspecified atom stereocenters. The summed E-state index contributed by atoms with van der Waals surface area (Å²) < 4.78 is 32.0. The first kappa shape index (κ1) is 29.7. The number of nitrogens with one attached hydrogen (secondary N) is 1. The predicted molar refractivity (Wildman–Crippen MR) is 159 cm³/mol. The summed E-state index contributed by atoms with van der Waals surface area (Å²) >= 11 is 0. The Balaban J connectivity index is 1.10. The monoisotopic (exact) mass is 595 g/mol. The highest BCUT2D eigenvalue weighted by Crippen LogP contribution is 2.60. The first-order valence-electron chi connectivity index (χ1n) is 16.1. The van der Waals surface area contributed by atoms with E-state index in [1.54, 1.807) is 6.26 Å². The van der Waals surface area contributed by atoms with Gasteiger partial charge in [0.25, 0.3) is 0 Å². The molecule has 10 heteroatoms. The number of amides is 1. The lowest BCUT2D eigenvalue weighted by Crippen LogP contribution is -2.70. The Morgan fingerprint density at radius 1 is 1.00 bits per heavy atom. The van der Waals surface area contributed by atoms with Crippen LogP contribution in [0.25, 0.3) is 11.0 Å². The molecule has 9 nitrogen and oxygen atoms in total. The number of benzene rings is 1. The zero-order chi connectivity index (χ0) is 30.4. The lowest BCUT2D eigenvalue weighted by molar-refractivity contribution is -0.570. The van der Waals surface area contributed by atoms with Crippen LogP contribution in [0.1, 0.15) is 92.0 Å². The summed E-state index contributed by atoms with van der Waals surface area (Å²) in [4.78, 5) is 25.9. The second-order valence-electron chi connectivity index (χ2n) is 14.9. The van der Waals surface area contributed by atoms with Gasteiger partial charge in [-0.25, -0.2) is 9.78 Å². The fraction of sp³-hybridized carbons (Fsp3) is 0.727.